The van der Waals surface area contributed by atoms with Crippen LogP contribution < -0.4 is 14.2 Å². The monoisotopic (exact) mass is 485 g/mol. The van der Waals surface area contributed by atoms with Crippen LogP contribution in [-0.4, -0.2) is 55.5 Å². The average molecular weight is 486 g/mol. The Kier molecular flexibility index (Phi) is 8.59. The first-order valence-corrected chi connectivity index (χ1v) is 11.6. The lowest BCUT2D eigenvalue weighted by Crippen LogP contribution is -2.32. The number of aryl methyl sites for hydroxylation is 2. The predicted octanol–water partition coefficient (Wildman–Crippen LogP) is 4.37. The summed E-state index contributed by atoms with van der Waals surface area (Å²) in [5.41, 5.74) is 2.72. The van der Waals surface area contributed by atoms with E-state index >= 15 is 0 Å². The number of ether oxygens (including phenoxy) is 4. The Labute approximate surface area is 202 Å². The summed E-state index contributed by atoms with van der Waals surface area (Å²) in [5.74, 6) is 0.646. The normalized spacial score (nSPS) is 14.5. The molecule has 0 bridgehead atoms. The number of hydrogen-bond acceptors (Lipinski definition) is 8. The molecule has 0 saturated carbocycles. The standard InChI is InChI=1S/C25H27NO7S/c1-5-31-21-13-18(8-9-19(21)33-15-23(27)30-4)14-22-24(28)26(25(29)34-22)10-11-32-20-12-16(2)6-7-17(20)3/h6-9,12-14H,5,10-11,15H2,1-4H3/b22-14-. The van der Waals surface area contributed by atoms with Gasteiger partial charge in [0.05, 0.1) is 25.2 Å². The van der Waals surface area contributed by atoms with Gasteiger partial charge in [-0.05, 0) is 73.5 Å². The van der Waals surface area contributed by atoms with E-state index in [4.69, 9.17) is 14.2 Å². The summed E-state index contributed by atoms with van der Waals surface area (Å²) in [5, 5.41) is -0.344. The largest absolute Gasteiger partial charge is 0.491 e. The molecule has 0 aromatic heterocycles. The zero-order valence-corrected chi connectivity index (χ0v) is 20.4. The fraction of sp³-hybridized carbons (Fsp3) is 0.320. The van der Waals surface area contributed by atoms with Gasteiger partial charge in [-0.25, -0.2) is 4.79 Å². The number of nitrogens with zero attached hydrogens (tertiary/aromatic N) is 1. The van der Waals surface area contributed by atoms with E-state index in [1.54, 1.807) is 24.3 Å². The highest BCUT2D eigenvalue weighted by Crippen LogP contribution is 2.34. The molecule has 0 N–H and O–H groups in total. The SMILES string of the molecule is CCOc1cc(/C=C2\SC(=O)N(CCOc3cc(C)ccc3C)C2=O)ccc1OCC(=O)OC. The lowest BCUT2D eigenvalue weighted by molar-refractivity contribution is -0.142. The van der Waals surface area contributed by atoms with Crippen LogP contribution in [0.5, 0.6) is 17.2 Å². The molecule has 2 aromatic carbocycles. The van der Waals surface area contributed by atoms with Crippen molar-refractivity contribution in [3.05, 3.63) is 58.0 Å². The average Bonchev–Trinajstić information content (AvgIpc) is 3.08. The van der Waals surface area contributed by atoms with Gasteiger partial charge in [-0.2, -0.15) is 0 Å². The van der Waals surface area contributed by atoms with E-state index in [9.17, 15) is 14.4 Å². The number of rotatable bonds is 10. The molecule has 0 spiro atoms. The first-order chi connectivity index (χ1) is 16.3. The minimum atomic E-state index is -0.512. The first-order valence-electron chi connectivity index (χ1n) is 10.7. The highest BCUT2D eigenvalue weighted by Gasteiger charge is 2.34. The second kappa shape index (κ2) is 11.6. The van der Waals surface area contributed by atoms with Crippen molar-refractivity contribution in [1.82, 2.24) is 4.90 Å². The van der Waals surface area contributed by atoms with Crippen molar-refractivity contribution in [2.24, 2.45) is 0 Å². The van der Waals surface area contributed by atoms with Gasteiger partial charge in [-0.15, -0.1) is 0 Å². The number of carbonyl (C=O) groups is 3. The van der Waals surface area contributed by atoms with Crippen LogP contribution in [-0.2, 0) is 14.3 Å². The zero-order chi connectivity index (χ0) is 24.7. The van der Waals surface area contributed by atoms with Gasteiger partial charge >= 0.3 is 5.97 Å². The number of esters is 1. The Bertz CT molecular complexity index is 1110. The topological polar surface area (TPSA) is 91.4 Å². The molecule has 0 radical (unpaired) electrons. The van der Waals surface area contributed by atoms with Crippen LogP contribution in [0, 0.1) is 13.8 Å². The molecule has 1 heterocycles. The summed E-state index contributed by atoms with van der Waals surface area (Å²) in [7, 11) is 1.28. The maximum absolute atomic E-state index is 12.8. The molecule has 3 rings (SSSR count). The highest BCUT2D eigenvalue weighted by molar-refractivity contribution is 8.18. The van der Waals surface area contributed by atoms with Crippen molar-refractivity contribution in [1.29, 1.82) is 0 Å². The molecule has 1 aliphatic rings. The molecule has 2 amide bonds. The molecule has 1 aliphatic heterocycles. The molecule has 34 heavy (non-hydrogen) atoms. The van der Waals surface area contributed by atoms with Crippen LogP contribution >= 0.6 is 11.8 Å². The number of hydrogen-bond donors (Lipinski definition) is 0. The van der Waals surface area contributed by atoms with Gasteiger partial charge < -0.3 is 18.9 Å². The lowest BCUT2D eigenvalue weighted by atomic mass is 10.1. The first kappa shape index (κ1) is 25.2. The smallest absolute Gasteiger partial charge is 0.343 e. The molecule has 9 heteroatoms. The fourth-order valence-corrected chi connectivity index (χ4v) is 4.02. The highest BCUT2D eigenvalue weighted by atomic mass is 32.2. The number of carbonyl (C=O) groups excluding carboxylic acids is 3. The summed E-state index contributed by atoms with van der Waals surface area (Å²) in [6.45, 7) is 6.23. The number of benzene rings is 2. The van der Waals surface area contributed by atoms with Crippen LogP contribution in [0.2, 0.25) is 0 Å². The summed E-state index contributed by atoms with van der Waals surface area (Å²) in [6.07, 6.45) is 1.63. The van der Waals surface area contributed by atoms with Gasteiger partial charge in [-0.3, -0.25) is 14.5 Å². The Morgan fingerprint density at radius 3 is 2.53 bits per heavy atom. The predicted molar refractivity (Wildman–Crippen MR) is 129 cm³/mol. The number of methoxy groups -OCH3 is 1. The van der Waals surface area contributed by atoms with E-state index in [1.807, 2.05) is 39.0 Å². The van der Waals surface area contributed by atoms with Crippen LogP contribution in [0.15, 0.2) is 41.3 Å². The summed E-state index contributed by atoms with van der Waals surface area (Å²) in [6, 6.07) is 10.9. The van der Waals surface area contributed by atoms with Crippen molar-refractivity contribution < 1.29 is 33.3 Å². The Morgan fingerprint density at radius 2 is 1.79 bits per heavy atom. The molecule has 0 unspecified atom stereocenters. The van der Waals surface area contributed by atoms with Crippen molar-refractivity contribution in [2.45, 2.75) is 20.8 Å². The van der Waals surface area contributed by atoms with Crippen LogP contribution in [0.25, 0.3) is 6.08 Å². The van der Waals surface area contributed by atoms with Crippen LogP contribution in [0.3, 0.4) is 0 Å². The fourth-order valence-electron chi connectivity index (χ4n) is 3.15. The Balaban J connectivity index is 1.68. The van der Waals surface area contributed by atoms with Gasteiger partial charge in [-0.1, -0.05) is 18.2 Å². The van der Waals surface area contributed by atoms with E-state index in [0.717, 1.165) is 28.6 Å². The third kappa shape index (κ3) is 6.32. The number of thioether (sulfide) groups is 1. The Morgan fingerprint density at radius 1 is 1.00 bits per heavy atom. The Hall–Kier alpha value is -3.46. The summed E-state index contributed by atoms with van der Waals surface area (Å²) >= 11 is 0.879. The summed E-state index contributed by atoms with van der Waals surface area (Å²) in [4.78, 5) is 38.1. The lowest BCUT2D eigenvalue weighted by Gasteiger charge is -2.14. The second-order valence-electron chi connectivity index (χ2n) is 7.45. The van der Waals surface area contributed by atoms with E-state index in [1.165, 1.54) is 12.0 Å². The second-order valence-corrected chi connectivity index (χ2v) is 8.45. The molecule has 0 atom stereocenters. The van der Waals surface area contributed by atoms with Crippen LogP contribution in [0.4, 0.5) is 4.79 Å². The van der Waals surface area contributed by atoms with Gasteiger partial charge in [0.2, 0.25) is 0 Å². The van der Waals surface area contributed by atoms with Crippen molar-refractivity contribution >= 4 is 35.0 Å². The van der Waals surface area contributed by atoms with Gasteiger partial charge in [0.25, 0.3) is 11.1 Å². The van der Waals surface area contributed by atoms with E-state index in [2.05, 4.69) is 4.74 Å². The van der Waals surface area contributed by atoms with Crippen molar-refractivity contribution in [2.75, 3.05) is 33.5 Å². The molecule has 8 nitrogen and oxygen atoms in total. The van der Waals surface area contributed by atoms with Crippen LogP contribution in [0.1, 0.15) is 23.6 Å². The van der Waals surface area contributed by atoms with Gasteiger partial charge in [0.1, 0.15) is 12.4 Å². The third-order valence-corrected chi connectivity index (χ3v) is 5.84. The van der Waals surface area contributed by atoms with Gasteiger partial charge in [0.15, 0.2) is 18.1 Å². The number of imide groups is 1. The minimum absolute atomic E-state index is 0.153. The molecule has 1 fully saturated rings. The van der Waals surface area contributed by atoms with E-state index in [-0.39, 0.29) is 30.9 Å². The number of amides is 2. The molecule has 0 aliphatic carbocycles. The van der Waals surface area contributed by atoms with Gasteiger partial charge in [0, 0.05) is 0 Å². The maximum atomic E-state index is 12.8. The quantitative estimate of drug-likeness (QED) is 0.362. The zero-order valence-electron chi connectivity index (χ0n) is 19.6. The molecule has 1 saturated heterocycles. The molecular formula is C25H27NO7S. The maximum Gasteiger partial charge on any atom is 0.343 e. The summed E-state index contributed by atoms with van der Waals surface area (Å²) < 4.78 is 21.4. The molecular weight excluding hydrogens is 458 g/mol. The van der Waals surface area contributed by atoms with E-state index < -0.39 is 5.97 Å². The minimum Gasteiger partial charge on any atom is -0.491 e. The molecule has 180 valence electrons. The van der Waals surface area contributed by atoms with Crippen molar-refractivity contribution in [3.63, 3.8) is 0 Å². The van der Waals surface area contributed by atoms with Crippen molar-refractivity contribution in [3.8, 4) is 17.2 Å². The van der Waals surface area contributed by atoms with E-state index in [0.29, 0.717) is 28.6 Å². The molecule has 2 aromatic rings. The third-order valence-electron chi connectivity index (χ3n) is 4.93.